The van der Waals surface area contributed by atoms with Gasteiger partial charge in [0.05, 0.1) is 27.8 Å². The highest BCUT2D eigenvalue weighted by atomic mass is 15.0. The number of benzene rings is 8. The monoisotopic (exact) mass is 713 g/mol. The molecule has 5 heteroatoms. The van der Waals surface area contributed by atoms with Gasteiger partial charge in [0.15, 0.2) is 17.5 Å². The van der Waals surface area contributed by atoms with Gasteiger partial charge in [0.1, 0.15) is 0 Å². The molecular formula is C51H31N5. The van der Waals surface area contributed by atoms with Crippen molar-refractivity contribution < 1.29 is 0 Å². The Bertz CT molecular complexity index is 3280. The average Bonchev–Trinajstić information content (AvgIpc) is 3.73. The lowest BCUT2D eigenvalue weighted by Crippen LogP contribution is -2.00. The summed E-state index contributed by atoms with van der Waals surface area (Å²) in [5.41, 5.74) is 14.9. The van der Waals surface area contributed by atoms with Crippen LogP contribution in [-0.2, 0) is 0 Å². The largest absolute Gasteiger partial charge is 0.309 e. The minimum atomic E-state index is 0.639. The molecule has 1 aliphatic rings. The Labute approximate surface area is 322 Å². The van der Waals surface area contributed by atoms with E-state index in [0.29, 0.717) is 17.5 Å². The van der Waals surface area contributed by atoms with E-state index in [1.54, 1.807) is 0 Å². The van der Waals surface area contributed by atoms with E-state index in [2.05, 4.69) is 137 Å². The number of hydrogen-bond acceptors (Lipinski definition) is 3. The number of para-hydroxylation sites is 3. The quantitative estimate of drug-likeness (QED) is 0.182. The molecule has 0 atom stereocenters. The lowest BCUT2D eigenvalue weighted by molar-refractivity contribution is 1.07. The molecule has 0 amide bonds. The predicted molar refractivity (Wildman–Crippen MR) is 229 cm³/mol. The predicted octanol–water partition coefficient (Wildman–Crippen LogP) is 12.7. The Hall–Kier alpha value is -7.63. The molecule has 0 bridgehead atoms. The molecule has 0 spiro atoms. The second-order valence-electron chi connectivity index (χ2n) is 14.4. The second-order valence-corrected chi connectivity index (χ2v) is 14.4. The Morgan fingerprint density at radius 3 is 1.46 bits per heavy atom. The Balaban J connectivity index is 1.07. The lowest BCUT2D eigenvalue weighted by atomic mass is 9.94. The van der Waals surface area contributed by atoms with Crippen molar-refractivity contribution in [2.24, 2.45) is 0 Å². The topological polar surface area (TPSA) is 48.5 Å². The summed E-state index contributed by atoms with van der Waals surface area (Å²) in [7, 11) is 0. The summed E-state index contributed by atoms with van der Waals surface area (Å²) in [6, 6.07) is 66.8. The zero-order chi connectivity index (χ0) is 36.7. The van der Waals surface area contributed by atoms with Crippen LogP contribution in [0.25, 0.3) is 111 Å². The van der Waals surface area contributed by atoms with Crippen LogP contribution in [0.3, 0.4) is 0 Å². The first kappa shape index (κ1) is 30.8. The van der Waals surface area contributed by atoms with E-state index >= 15 is 0 Å². The first-order chi connectivity index (χ1) is 27.8. The van der Waals surface area contributed by atoms with Crippen LogP contribution in [0.4, 0.5) is 0 Å². The number of nitrogens with zero attached hydrogens (tertiary/aromatic N) is 5. The molecule has 12 rings (SSSR count). The minimum absolute atomic E-state index is 0.639. The summed E-state index contributed by atoms with van der Waals surface area (Å²) >= 11 is 0. The van der Waals surface area contributed by atoms with E-state index in [4.69, 9.17) is 15.0 Å². The maximum absolute atomic E-state index is 4.98. The summed E-state index contributed by atoms with van der Waals surface area (Å²) < 4.78 is 4.89. The van der Waals surface area contributed by atoms with Gasteiger partial charge in [0.2, 0.25) is 0 Å². The number of fused-ring (bicyclic) bond motifs is 11. The normalized spacial score (nSPS) is 11.9. The molecule has 0 N–H and O–H groups in total. The van der Waals surface area contributed by atoms with Crippen molar-refractivity contribution in [3.05, 3.63) is 188 Å². The van der Waals surface area contributed by atoms with Crippen molar-refractivity contribution in [3.8, 4) is 67.8 Å². The van der Waals surface area contributed by atoms with E-state index in [1.807, 2.05) is 60.7 Å². The van der Waals surface area contributed by atoms with E-state index in [0.717, 1.165) is 27.9 Å². The maximum Gasteiger partial charge on any atom is 0.164 e. The summed E-state index contributed by atoms with van der Waals surface area (Å²) in [6.45, 7) is 0. The molecule has 260 valence electrons. The smallest absolute Gasteiger partial charge is 0.164 e. The number of aromatic nitrogens is 5. The SMILES string of the molecule is c1ccc(-c2nc(-c3ccccc3)nc(-c3ccc(-n4c5ccccc5c5cc6c(cc54)c4cccc5c4n6-c4ccccc4-c4ccccc4-5)cc3)n2)cc1. The fourth-order valence-electron chi connectivity index (χ4n) is 8.82. The van der Waals surface area contributed by atoms with Gasteiger partial charge in [0.25, 0.3) is 0 Å². The van der Waals surface area contributed by atoms with Gasteiger partial charge in [-0.2, -0.15) is 0 Å². The van der Waals surface area contributed by atoms with Crippen LogP contribution in [0.5, 0.6) is 0 Å². The Morgan fingerprint density at radius 1 is 0.304 bits per heavy atom. The first-order valence-electron chi connectivity index (χ1n) is 19.0. The third kappa shape index (κ3) is 4.52. The molecule has 1 aliphatic heterocycles. The molecule has 0 aliphatic carbocycles. The number of rotatable bonds is 4. The van der Waals surface area contributed by atoms with Crippen molar-refractivity contribution in [2.45, 2.75) is 0 Å². The van der Waals surface area contributed by atoms with Crippen molar-refractivity contribution >= 4 is 43.6 Å². The fraction of sp³-hybridized carbons (Fsp3) is 0. The molecule has 3 aromatic heterocycles. The molecule has 4 heterocycles. The van der Waals surface area contributed by atoms with Gasteiger partial charge in [-0.3, -0.25) is 0 Å². The van der Waals surface area contributed by atoms with Crippen LogP contribution in [0.1, 0.15) is 0 Å². The van der Waals surface area contributed by atoms with Crippen molar-refractivity contribution in [1.29, 1.82) is 0 Å². The van der Waals surface area contributed by atoms with Gasteiger partial charge in [-0.05, 0) is 59.7 Å². The molecule has 0 unspecified atom stereocenters. The zero-order valence-electron chi connectivity index (χ0n) is 30.1. The third-order valence-corrected chi connectivity index (χ3v) is 11.3. The van der Waals surface area contributed by atoms with Crippen LogP contribution in [0.15, 0.2) is 188 Å². The van der Waals surface area contributed by atoms with Crippen LogP contribution in [0, 0.1) is 0 Å². The Morgan fingerprint density at radius 2 is 0.786 bits per heavy atom. The fourth-order valence-corrected chi connectivity index (χ4v) is 8.82. The second kappa shape index (κ2) is 11.9. The average molecular weight is 714 g/mol. The third-order valence-electron chi connectivity index (χ3n) is 11.3. The van der Waals surface area contributed by atoms with Crippen molar-refractivity contribution in [3.63, 3.8) is 0 Å². The minimum Gasteiger partial charge on any atom is -0.309 e. The van der Waals surface area contributed by atoms with Crippen molar-refractivity contribution in [1.82, 2.24) is 24.1 Å². The molecule has 0 saturated heterocycles. The van der Waals surface area contributed by atoms with Crippen LogP contribution in [0.2, 0.25) is 0 Å². The molecule has 5 nitrogen and oxygen atoms in total. The summed E-state index contributed by atoms with van der Waals surface area (Å²) in [5.74, 6) is 1.94. The molecule has 0 saturated carbocycles. The molecule has 11 aromatic rings. The van der Waals surface area contributed by atoms with Crippen molar-refractivity contribution in [2.75, 3.05) is 0 Å². The van der Waals surface area contributed by atoms with Crippen LogP contribution < -0.4 is 0 Å². The van der Waals surface area contributed by atoms with Crippen LogP contribution in [-0.4, -0.2) is 24.1 Å². The molecule has 56 heavy (non-hydrogen) atoms. The summed E-state index contributed by atoms with van der Waals surface area (Å²) in [4.78, 5) is 14.9. The lowest BCUT2D eigenvalue weighted by Gasteiger charge is -2.12. The van der Waals surface area contributed by atoms with Gasteiger partial charge in [-0.1, -0.05) is 140 Å². The molecular weight excluding hydrogens is 683 g/mol. The molecule has 0 fully saturated rings. The van der Waals surface area contributed by atoms with E-state index < -0.39 is 0 Å². The van der Waals surface area contributed by atoms with Gasteiger partial charge in [-0.15, -0.1) is 0 Å². The van der Waals surface area contributed by atoms with Crippen LogP contribution >= 0.6 is 0 Å². The highest BCUT2D eigenvalue weighted by Gasteiger charge is 2.25. The zero-order valence-corrected chi connectivity index (χ0v) is 30.1. The van der Waals surface area contributed by atoms with Gasteiger partial charge in [-0.25, -0.2) is 15.0 Å². The first-order valence-corrected chi connectivity index (χ1v) is 19.0. The molecule has 8 aromatic carbocycles. The van der Waals surface area contributed by atoms with Gasteiger partial charge < -0.3 is 9.13 Å². The summed E-state index contributed by atoms with van der Waals surface area (Å²) in [5, 5.41) is 4.91. The van der Waals surface area contributed by atoms with E-state index in [1.165, 1.54) is 66.0 Å². The van der Waals surface area contributed by atoms with E-state index in [9.17, 15) is 0 Å². The van der Waals surface area contributed by atoms with Gasteiger partial charge >= 0.3 is 0 Å². The number of hydrogen-bond donors (Lipinski definition) is 0. The summed E-state index contributed by atoms with van der Waals surface area (Å²) in [6.07, 6.45) is 0. The standard InChI is InChI=1S/C51H31N5/c1-3-14-32(15-4-1)49-52-50(33-16-5-2-6-17-33)54-51(53-49)34-26-28-35(29-27-34)55-44-24-11-10-21-39(44)42-30-47-43(31-46(42)55)41-23-13-22-40-37-19-8-7-18-36(37)38-20-9-12-25-45(38)56(47)48(40)41/h1-31H. The highest BCUT2D eigenvalue weighted by Crippen LogP contribution is 2.48. The Kier molecular flexibility index (Phi) is 6.56. The highest BCUT2D eigenvalue weighted by molar-refractivity contribution is 6.22. The maximum atomic E-state index is 4.98. The van der Waals surface area contributed by atoms with E-state index in [-0.39, 0.29) is 0 Å². The molecule has 0 radical (unpaired) electrons. The van der Waals surface area contributed by atoms with Gasteiger partial charge in [0, 0.05) is 55.0 Å².